The van der Waals surface area contributed by atoms with E-state index in [1.165, 1.54) is 12.1 Å². The molecule has 1 aliphatic rings. The number of rotatable bonds is 4. The van der Waals surface area contributed by atoms with Gasteiger partial charge in [0.1, 0.15) is 5.75 Å². The Bertz CT molecular complexity index is 387. The van der Waals surface area contributed by atoms with Gasteiger partial charge in [-0.3, -0.25) is 4.90 Å². The van der Waals surface area contributed by atoms with Crippen molar-refractivity contribution in [1.82, 2.24) is 10.2 Å². The van der Waals surface area contributed by atoms with E-state index in [9.17, 15) is 13.2 Å². The van der Waals surface area contributed by atoms with Gasteiger partial charge in [-0.25, -0.2) is 0 Å². The van der Waals surface area contributed by atoms with Gasteiger partial charge in [-0.05, 0) is 24.7 Å². The summed E-state index contributed by atoms with van der Waals surface area (Å²) in [6.45, 7) is 2.65. The molecule has 0 amide bonds. The molecule has 18 heavy (non-hydrogen) atoms. The predicted octanol–water partition coefficient (Wildman–Crippen LogP) is 1.99. The molecule has 100 valence electrons. The second kappa shape index (κ2) is 5.16. The lowest BCUT2D eigenvalue weighted by atomic mass is 10.1. The number of halogens is 3. The number of likely N-dealkylation sites (N-methyl/N-ethyl adjacent to an activating group) is 1. The molecule has 0 spiro atoms. The number of hydrogen-bond acceptors (Lipinski definition) is 3. The van der Waals surface area contributed by atoms with Gasteiger partial charge in [0.05, 0.1) is 0 Å². The maximum Gasteiger partial charge on any atom is 0.573 e. The first-order chi connectivity index (χ1) is 8.44. The molecular formula is C12H15F3N2O. The van der Waals surface area contributed by atoms with Gasteiger partial charge < -0.3 is 10.1 Å². The molecule has 0 atom stereocenters. The molecule has 0 unspecified atom stereocenters. The van der Waals surface area contributed by atoms with E-state index in [1.54, 1.807) is 12.1 Å². The quantitative estimate of drug-likeness (QED) is 0.896. The third kappa shape index (κ3) is 3.61. The Hall–Kier alpha value is -1.27. The standard InChI is InChI=1S/C12H15F3N2O/c1-17(10-6-16-7-10)8-9-2-4-11(5-3-9)18-12(13,14)15/h2-5,10,16H,6-8H2,1H3. The molecule has 1 N–H and O–H groups in total. The normalized spacial score (nSPS) is 16.7. The van der Waals surface area contributed by atoms with Crippen LogP contribution in [0.25, 0.3) is 0 Å². The highest BCUT2D eigenvalue weighted by molar-refractivity contribution is 5.27. The molecule has 0 bridgehead atoms. The zero-order valence-corrected chi connectivity index (χ0v) is 10.00. The Labute approximate surface area is 104 Å². The van der Waals surface area contributed by atoms with Gasteiger partial charge in [-0.2, -0.15) is 0 Å². The number of nitrogens with zero attached hydrogens (tertiary/aromatic N) is 1. The summed E-state index contributed by atoms with van der Waals surface area (Å²) >= 11 is 0. The van der Waals surface area contributed by atoms with Gasteiger partial charge in [0, 0.05) is 25.7 Å². The number of hydrogen-bond donors (Lipinski definition) is 1. The van der Waals surface area contributed by atoms with Crippen molar-refractivity contribution in [1.29, 1.82) is 0 Å². The monoisotopic (exact) mass is 260 g/mol. The van der Waals surface area contributed by atoms with Crippen LogP contribution in [-0.4, -0.2) is 37.4 Å². The van der Waals surface area contributed by atoms with Crippen molar-refractivity contribution in [3.05, 3.63) is 29.8 Å². The molecule has 2 rings (SSSR count). The van der Waals surface area contributed by atoms with E-state index >= 15 is 0 Å². The first-order valence-corrected chi connectivity index (χ1v) is 5.70. The van der Waals surface area contributed by atoms with E-state index in [4.69, 9.17) is 0 Å². The fourth-order valence-electron chi connectivity index (χ4n) is 1.80. The van der Waals surface area contributed by atoms with Crippen LogP contribution in [0.2, 0.25) is 0 Å². The van der Waals surface area contributed by atoms with Crippen LogP contribution in [0, 0.1) is 0 Å². The highest BCUT2D eigenvalue weighted by Crippen LogP contribution is 2.23. The van der Waals surface area contributed by atoms with Crippen molar-refractivity contribution in [3.63, 3.8) is 0 Å². The maximum atomic E-state index is 12.0. The molecule has 1 fully saturated rings. The minimum absolute atomic E-state index is 0.181. The maximum absolute atomic E-state index is 12.0. The molecule has 0 aromatic heterocycles. The topological polar surface area (TPSA) is 24.5 Å². The van der Waals surface area contributed by atoms with Crippen molar-refractivity contribution >= 4 is 0 Å². The van der Waals surface area contributed by atoms with Crippen molar-refractivity contribution < 1.29 is 17.9 Å². The van der Waals surface area contributed by atoms with Crippen LogP contribution in [0.5, 0.6) is 5.75 Å². The van der Waals surface area contributed by atoms with Crippen LogP contribution >= 0.6 is 0 Å². The Morgan fingerprint density at radius 1 is 1.28 bits per heavy atom. The Balaban J connectivity index is 1.90. The molecule has 1 aliphatic heterocycles. The van der Waals surface area contributed by atoms with E-state index in [1.807, 2.05) is 7.05 Å². The molecule has 0 saturated carbocycles. The summed E-state index contributed by atoms with van der Waals surface area (Å²) in [7, 11) is 2.01. The van der Waals surface area contributed by atoms with Gasteiger partial charge in [0.15, 0.2) is 0 Å². The molecule has 1 aromatic carbocycles. The highest BCUT2D eigenvalue weighted by atomic mass is 19.4. The Morgan fingerprint density at radius 3 is 2.33 bits per heavy atom. The third-order valence-electron chi connectivity index (χ3n) is 2.97. The van der Waals surface area contributed by atoms with Gasteiger partial charge in [0.25, 0.3) is 0 Å². The van der Waals surface area contributed by atoms with Gasteiger partial charge in [-0.15, -0.1) is 13.2 Å². The van der Waals surface area contributed by atoms with Crippen molar-refractivity contribution in [3.8, 4) is 5.75 Å². The molecular weight excluding hydrogens is 245 g/mol. The lowest BCUT2D eigenvalue weighted by molar-refractivity contribution is -0.274. The number of benzene rings is 1. The molecule has 1 aromatic rings. The molecule has 1 heterocycles. The van der Waals surface area contributed by atoms with Crippen LogP contribution in [0.15, 0.2) is 24.3 Å². The first-order valence-electron chi connectivity index (χ1n) is 5.70. The second-order valence-corrected chi connectivity index (χ2v) is 4.42. The largest absolute Gasteiger partial charge is 0.573 e. The van der Waals surface area contributed by atoms with Gasteiger partial charge >= 0.3 is 6.36 Å². The minimum atomic E-state index is -4.63. The number of nitrogens with one attached hydrogen (secondary N) is 1. The van der Waals surface area contributed by atoms with Gasteiger partial charge in [0.2, 0.25) is 0 Å². The number of ether oxygens (including phenoxy) is 1. The predicted molar refractivity (Wildman–Crippen MR) is 61.2 cm³/mol. The fourth-order valence-corrected chi connectivity index (χ4v) is 1.80. The summed E-state index contributed by atoms with van der Waals surface area (Å²) in [5.41, 5.74) is 0.971. The molecule has 1 saturated heterocycles. The summed E-state index contributed by atoms with van der Waals surface area (Å²) in [5.74, 6) is -0.181. The number of alkyl halides is 3. The van der Waals surface area contributed by atoms with Crippen LogP contribution in [0.3, 0.4) is 0 Å². The SMILES string of the molecule is CN(Cc1ccc(OC(F)(F)F)cc1)C1CNC1. The zero-order valence-electron chi connectivity index (χ0n) is 10.00. The van der Waals surface area contributed by atoms with E-state index in [0.29, 0.717) is 6.04 Å². The molecule has 3 nitrogen and oxygen atoms in total. The smallest absolute Gasteiger partial charge is 0.406 e. The van der Waals surface area contributed by atoms with E-state index in [-0.39, 0.29) is 5.75 Å². The third-order valence-corrected chi connectivity index (χ3v) is 2.97. The van der Waals surface area contributed by atoms with Crippen LogP contribution in [0.1, 0.15) is 5.56 Å². The Kier molecular flexibility index (Phi) is 3.77. The van der Waals surface area contributed by atoms with E-state index in [0.717, 1.165) is 25.2 Å². The summed E-state index contributed by atoms with van der Waals surface area (Å²) in [6.07, 6.45) is -4.63. The fraction of sp³-hybridized carbons (Fsp3) is 0.500. The van der Waals surface area contributed by atoms with Crippen LogP contribution in [0.4, 0.5) is 13.2 Å². The zero-order chi connectivity index (χ0) is 13.2. The molecule has 0 aliphatic carbocycles. The molecule has 6 heteroatoms. The molecule has 0 radical (unpaired) electrons. The van der Waals surface area contributed by atoms with Crippen LogP contribution < -0.4 is 10.1 Å². The lowest BCUT2D eigenvalue weighted by Gasteiger charge is -2.35. The average Bonchev–Trinajstić information content (AvgIpc) is 2.16. The van der Waals surface area contributed by atoms with E-state index < -0.39 is 6.36 Å². The summed E-state index contributed by atoms with van der Waals surface area (Å²) < 4.78 is 39.7. The summed E-state index contributed by atoms with van der Waals surface area (Å²) in [4.78, 5) is 2.18. The van der Waals surface area contributed by atoms with Crippen LogP contribution in [-0.2, 0) is 6.54 Å². The minimum Gasteiger partial charge on any atom is -0.406 e. The van der Waals surface area contributed by atoms with Gasteiger partial charge in [-0.1, -0.05) is 12.1 Å². The highest BCUT2D eigenvalue weighted by Gasteiger charge is 2.31. The van der Waals surface area contributed by atoms with Crippen molar-refractivity contribution in [2.24, 2.45) is 0 Å². The Morgan fingerprint density at radius 2 is 1.89 bits per heavy atom. The van der Waals surface area contributed by atoms with Crippen molar-refractivity contribution in [2.75, 3.05) is 20.1 Å². The summed E-state index contributed by atoms with van der Waals surface area (Å²) in [5, 5.41) is 3.18. The van der Waals surface area contributed by atoms with E-state index in [2.05, 4.69) is 15.0 Å². The second-order valence-electron chi connectivity index (χ2n) is 4.42. The van der Waals surface area contributed by atoms with Crippen molar-refractivity contribution in [2.45, 2.75) is 18.9 Å². The first kappa shape index (κ1) is 13.2. The summed E-state index contributed by atoms with van der Waals surface area (Å²) in [6, 6.07) is 6.51. The lowest BCUT2D eigenvalue weighted by Crippen LogP contribution is -2.55. The average molecular weight is 260 g/mol.